The minimum Gasteiger partial charge on any atom is -0.351 e. The van der Waals surface area contributed by atoms with Gasteiger partial charge in [0.15, 0.2) is 5.65 Å². The smallest absolute Gasteiger partial charge is 0.252 e. The maximum atomic E-state index is 12.4. The van der Waals surface area contributed by atoms with Gasteiger partial charge in [-0.1, -0.05) is 6.92 Å². The molecule has 0 saturated heterocycles. The van der Waals surface area contributed by atoms with Crippen molar-refractivity contribution >= 4 is 16.9 Å². The van der Waals surface area contributed by atoms with Crippen molar-refractivity contribution in [2.24, 2.45) is 0 Å². The fourth-order valence-corrected chi connectivity index (χ4v) is 2.37. The van der Waals surface area contributed by atoms with Crippen molar-refractivity contribution in [1.82, 2.24) is 25.4 Å². The second-order valence-electron chi connectivity index (χ2n) is 5.74. The summed E-state index contributed by atoms with van der Waals surface area (Å²) < 4.78 is 1.85. The highest BCUT2D eigenvalue weighted by atomic mass is 16.1. The van der Waals surface area contributed by atoms with Crippen molar-refractivity contribution in [2.75, 3.05) is 19.6 Å². The number of amides is 1. The van der Waals surface area contributed by atoms with E-state index >= 15 is 0 Å². The third kappa shape index (κ3) is 3.62. The highest BCUT2D eigenvalue weighted by Gasteiger charge is 2.16. The highest BCUT2D eigenvalue weighted by molar-refractivity contribution is 6.05. The molecule has 0 spiro atoms. The molecule has 0 aliphatic carbocycles. The number of aryl methyl sites for hydroxylation is 1. The van der Waals surface area contributed by atoms with Crippen LogP contribution in [0.15, 0.2) is 12.3 Å². The predicted molar refractivity (Wildman–Crippen MR) is 88.1 cm³/mol. The van der Waals surface area contributed by atoms with E-state index in [1.165, 1.54) is 0 Å². The van der Waals surface area contributed by atoms with Gasteiger partial charge in [-0.15, -0.1) is 0 Å². The van der Waals surface area contributed by atoms with Crippen LogP contribution in [0.4, 0.5) is 0 Å². The molecule has 0 radical (unpaired) electrons. The second kappa shape index (κ2) is 7.35. The summed E-state index contributed by atoms with van der Waals surface area (Å²) in [6.45, 7) is 10.5. The first-order valence-electron chi connectivity index (χ1n) is 7.88. The number of nitrogens with zero attached hydrogens (tertiary/aromatic N) is 3. The molecule has 0 fully saturated rings. The van der Waals surface area contributed by atoms with Crippen molar-refractivity contribution < 1.29 is 4.79 Å². The summed E-state index contributed by atoms with van der Waals surface area (Å²) in [6, 6.07) is 2.03. The van der Waals surface area contributed by atoms with Crippen LogP contribution in [-0.4, -0.2) is 40.3 Å². The average Bonchev–Trinajstić information content (AvgIpc) is 2.89. The number of pyridine rings is 1. The molecule has 0 aromatic carbocycles. The number of hydrogen-bond donors (Lipinski definition) is 2. The average molecular weight is 303 g/mol. The fourth-order valence-electron chi connectivity index (χ4n) is 2.37. The lowest BCUT2D eigenvalue weighted by molar-refractivity contribution is 0.0955. The van der Waals surface area contributed by atoms with Crippen molar-refractivity contribution in [3.8, 4) is 0 Å². The molecule has 22 heavy (non-hydrogen) atoms. The number of carbonyl (C=O) groups excluding carboxylic acids is 1. The van der Waals surface area contributed by atoms with Gasteiger partial charge in [-0.2, -0.15) is 5.10 Å². The molecule has 0 saturated carbocycles. The first-order chi connectivity index (χ1) is 10.5. The summed E-state index contributed by atoms with van der Waals surface area (Å²) in [4.78, 5) is 16.9. The molecule has 2 N–H and O–H groups in total. The number of fused-ring (bicyclic) bond motifs is 1. The van der Waals surface area contributed by atoms with Crippen molar-refractivity contribution in [3.63, 3.8) is 0 Å². The van der Waals surface area contributed by atoms with Gasteiger partial charge >= 0.3 is 0 Å². The van der Waals surface area contributed by atoms with E-state index < -0.39 is 0 Å². The van der Waals surface area contributed by atoms with Crippen molar-refractivity contribution in [3.05, 3.63) is 23.5 Å². The van der Waals surface area contributed by atoms with E-state index in [1.807, 2.05) is 17.7 Å². The zero-order valence-electron chi connectivity index (χ0n) is 13.8. The van der Waals surface area contributed by atoms with Crippen LogP contribution in [-0.2, 0) is 0 Å². The quantitative estimate of drug-likeness (QED) is 0.768. The van der Waals surface area contributed by atoms with Gasteiger partial charge in [0.1, 0.15) is 0 Å². The minimum atomic E-state index is -0.0721. The van der Waals surface area contributed by atoms with E-state index in [0.717, 1.165) is 36.2 Å². The van der Waals surface area contributed by atoms with E-state index in [0.29, 0.717) is 12.1 Å². The zero-order chi connectivity index (χ0) is 16.1. The highest BCUT2D eigenvalue weighted by Crippen LogP contribution is 2.20. The van der Waals surface area contributed by atoms with Crippen molar-refractivity contribution in [2.45, 2.75) is 40.2 Å². The molecule has 6 nitrogen and oxygen atoms in total. The van der Waals surface area contributed by atoms with Gasteiger partial charge in [0.2, 0.25) is 0 Å². The Morgan fingerprint density at radius 2 is 2.09 bits per heavy atom. The molecular weight excluding hydrogens is 278 g/mol. The number of aromatic nitrogens is 3. The molecule has 0 bridgehead atoms. The zero-order valence-corrected chi connectivity index (χ0v) is 13.8. The third-order valence-corrected chi connectivity index (χ3v) is 3.44. The first kappa shape index (κ1) is 16.4. The Labute approximate surface area is 131 Å². The van der Waals surface area contributed by atoms with Gasteiger partial charge < -0.3 is 10.6 Å². The summed E-state index contributed by atoms with van der Waals surface area (Å²) in [5, 5.41) is 11.4. The number of nitrogens with one attached hydrogen (secondary N) is 2. The Hall–Kier alpha value is -1.95. The topological polar surface area (TPSA) is 71.8 Å². The molecular formula is C16H25N5O. The fraction of sp³-hybridized carbons (Fsp3) is 0.562. The molecule has 2 aromatic rings. The van der Waals surface area contributed by atoms with E-state index in [2.05, 4.69) is 41.5 Å². The Bertz CT molecular complexity index is 647. The lowest BCUT2D eigenvalue weighted by atomic mass is 10.1. The Kier molecular flexibility index (Phi) is 5.49. The molecule has 2 aromatic heterocycles. The van der Waals surface area contributed by atoms with Crippen LogP contribution in [0.1, 0.15) is 49.3 Å². The molecule has 0 aliphatic heterocycles. The largest absolute Gasteiger partial charge is 0.351 e. The van der Waals surface area contributed by atoms with Crippen LogP contribution in [0.3, 0.4) is 0 Å². The van der Waals surface area contributed by atoms with Crippen molar-refractivity contribution in [1.29, 1.82) is 0 Å². The van der Waals surface area contributed by atoms with Crippen LogP contribution in [0.5, 0.6) is 0 Å². The number of hydrogen-bond acceptors (Lipinski definition) is 4. The van der Waals surface area contributed by atoms with E-state index in [-0.39, 0.29) is 11.9 Å². The molecule has 0 aliphatic rings. The van der Waals surface area contributed by atoms with Crippen LogP contribution in [0.25, 0.3) is 11.0 Å². The van der Waals surface area contributed by atoms with Crippen LogP contribution < -0.4 is 10.6 Å². The molecule has 0 unspecified atom stereocenters. The van der Waals surface area contributed by atoms with Gasteiger partial charge in [-0.3, -0.25) is 4.79 Å². The van der Waals surface area contributed by atoms with Gasteiger partial charge in [0.05, 0.1) is 17.1 Å². The van der Waals surface area contributed by atoms with Gasteiger partial charge in [0.25, 0.3) is 5.91 Å². The summed E-state index contributed by atoms with van der Waals surface area (Å²) in [5.74, 6) is -0.0721. The monoisotopic (exact) mass is 303 g/mol. The Morgan fingerprint density at radius 1 is 1.32 bits per heavy atom. The van der Waals surface area contributed by atoms with Gasteiger partial charge in [0, 0.05) is 24.8 Å². The van der Waals surface area contributed by atoms with E-state index in [4.69, 9.17) is 0 Å². The Morgan fingerprint density at radius 3 is 2.77 bits per heavy atom. The summed E-state index contributed by atoms with van der Waals surface area (Å²) in [6.07, 6.45) is 2.82. The lowest BCUT2D eigenvalue weighted by Crippen LogP contribution is -2.32. The first-order valence-corrected chi connectivity index (χ1v) is 7.88. The molecule has 2 rings (SSSR count). The summed E-state index contributed by atoms with van der Waals surface area (Å²) in [7, 11) is 0. The maximum Gasteiger partial charge on any atom is 0.252 e. The van der Waals surface area contributed by atoms with E-state index in [9.17, 15) is 4.79 Å². The standard InChI is InChI=1S/C16H25N5O/c1-5-6-17-7-8-18-16(22)13-9-12(4)20-15-14(13)10-19-21(15)11(2)3/h9-11,17H,5-8H2,1-4H3,(H,18,22). The maximum absolute atomic E-state index is 12.4. The summed E-state index contributed by atoms with van der Waals surface area (Å²) >= 11 is 0. The van der Waals surface area contributed by atoms with Gasteiger partial charge in [-0.05, 0) is 39.8 Å². The molecule has 120 valence electrons. The molecule has 6 heteroatoms. The minimum absolute atomic E-state index is 0.0721. The number of carbonyl (C=O) groups is 1. The molecule has 2 heterocycles. The number of rotatable bonds is 7. The van der Waals surface area contributed by atoms with Crippen LogP contribution in [0.2, 0.25) is 0 Å². The SMILES string of the molecule is CCCNCCNC(=O)c1cc(C)nc2c1cnn2C(C)C. The molecule has 0 atom stereocenters. The lowest BCUT2D eigenvalue weighted by Gasteiger charge is -2.10. The normalized spacial score (nSPS) is 11.3. The summed E-state index contributed by atoms with van der Waals surface area (Å²) in [5.41, 5.74) is 2.23. The van der Waals surface area contributed by atoms with E-state index in [1.54, 1.807) is 6.20 Å². The predicted octanol–water partition coefficient (Wildman–Crippen LogP) is 2.05. The second-order valence-corrected chi connectivity index (χ2v) is 5.74. The third-order valence-electron chi connectivity index (χ3n) is 3.44. The molecule has 1 amide bonds. The Balaban J connectivity index is 2.18. The van der Waals surface area contributed by atoms with Crippen LogP contribution in [0, 0.1) is 6.92 Å². The van der Waals surface area contributed by atoms with Gasteiger partial charge in [-0.25, -0.2) is 9.67 Å². The van der Waals surface area contributed by atoms with Crippen LogP contribution >= 0.6 is 0 Å².